The number of sulfonamides is 1. The van der Waals surface area contributed by atoms with Gasteiger partial charge in [-0.15, -0.1) is 0 Å². The fourth-order valence-corrected chi connectivity index (χ4v) is 4.49. The summed E-state index contributed by atoms with van der Waals surface area (Å²) in [6, 6.07) is 25.0. The van der Waals surface area contributed by atoms with E-state index < -0.39 is 15.8 Å². The van der Waals surface area contributed by atoms with E-state index in [0.717, 1.165) is 16.3 Å². The molecule has 0 aliphatic rings. The van der Waals surface area contributed by atoms with Crippen LogP contribution in [0.5, 0.6) is 0 Å². The van der Waals surface area contributed by atoms with Gasteiger partial charge in [-0.3, -0.25) is 9.52 Å². The van der Waals surface area contributed by atoms with E-state index >= 15 is 0 Å². The molecule has 0 fully saturated rings. The van der Waals surface area contributed by atoms with Gasteiger partial charge in [0.15, 0.2) is 0 Å². The molecule has 7 heteroatoms. The number of carbonyl (C=O) groups excluding carboxylic acids is 1. The molecule has 0 aliphatic heterocycles. The molecule has 2 N–H and O–H groups in total. The highest BCUT2D eigenvalue weighted by Gasteiger charge is 2.14. The van der Waals surface area contributed by atoms with E-state index in [4.69, 9.17) is 0 Å². The number of aryl methyl sites for hydroxylation is 1. The predicted octanol–water partition coefficient (Wildman–Crippen LogP) is 5.35. The van der Waals surface area contributed by atoms with Crippen LogP contribution < -0.4 is 10.0 Å². The molecule has 4 aromatic rings. The van der Waals surface area contributed by atoms with Crippen LogP contribution >= 0.6 is 0 Å². The summed E-state index contributed by atoms with van der Waals surface area (Å²) >= 11 is 0. The molecule has 0 saturated heterocycles. The van der Waals surface area contributed by atoms with E-state index in [1.165, 1.54) is 48.5 Å². The Kier molecular flexibility index (Phi) is 6.18. The summed E-state index contributed by atoms with van der Waals surface area (Å²) in [4.78, 5) is 12.4. The molecule has 0 unspecified atom stereocenters. The number of hydrogen-bond acceptors (Lipinski definition) is 3. The molecule has 0 saturated carbocycles. The molecular weight excluding hydrogens is 427 g/mol. The maximum Gasteiger partial charge on any atom is 0.261 e. The summed E-state index contributed by atoms with van der Waals surface area (Å²) < 4.78 is 40.4. The highest BCUT2D eigenvalue weighted by Crippen LogP contribution is 2.21. The smallest absolute Gasteiger partial charge is 0.261 e. The quantitative estimate of drug-likeness (QED) is 0.400. The van der Waals surface area contributed by atoms with Crippen molar-refractivity contribution in [2.24, 2.45) is 0 Å². The fourth-order valence-electron chi connectivity index (χ4n) is 3.43. The van der Waals surface area contributed by atoms with Gasteiger partial charge in [-0.1, -0.05) is 42.5 Å². The van der Waals surface area contributed by atoms with Crippen molar-refractivity contribution in [3.63, 3.8) is 0 Å². The van der Waals surface area contributed by atoms with Crippen LogP contribution in [0.2, 0.25) is 0 Å². The summed E-state index contributed by atoms with van der Waals surface area (Å²) in [6.07, 6.45) is 0.904. The minimum Gasteiger partial charge on any atom is -0.326 e. The predicted molar refractivity (Wildman–Crippen MR) is 125 cm³/mol. The first-order valence-corrected chi connectivity index (χ1v) is 11.5. The monoisotopic (exact) mass is 448 g/mol. The molecule has 5 nitrogen and oxygen atoms in total. The first-order valence-electron chi connectivity index (χ1n) is 10.1. The van der Waals surface area contributed by atoms with Crippen molar-refractivity contribution in [1.82, 2.24) is 0 Å². The molecule has 0 aromatic heterocycles. The van der Waals surface area contributed by atoms with Crippen LogP contribution in [-0.2, 0) is 21.2 Å². The van der Waals surface area contributed by atoms with E-state index in [-0.39, 0.29) is 16.5 Å². The van der Waals surface area contributed by atoms with E-state index in [0.29, 0.717) is 18.5 Å². The van der Waals surface area contributed by atoms with E-state index in [1.807, 2.05) is 42.5 Å². The normalized spacial score (nSPS) is 11.3. The molecule has 4 rings (SSSR count). The Hall–Kier alpha value is -3.71. The Balaban J connectivity index is 1.37. The molecule has 162 valence electrons. The van der Waals surface area contributed by atoms with Crippen molar-refractivity contribution < 1.29 is 17.6 Å². The highest BCUT2D eigenvalue weighted by atomic mass is 32.2. The van der Waals surface area contributed by atoms with Crippen LogP contribution in [0.1, 0.15) is 12.0 Å². The van der Waals surface area contributed by atoms with Crippen LogP contribution in [-0.4, -0.2) is 14.3 Å². The zero-order chi connectivity index (χ0) is 22.6. The first-order chi connectivity index (χ1) is 15.4. The molecule has 0 spiro atoms. The second kappa shape index (κ2) is 9.20. The maximum absolute atomic E-state index is 13.0. The summed E-state index contributed by atoms with van der Waals surface area (Å²) in [7, 11) is -3.82. The minimum absolute atomic E-state index is 0.0376. The number of rotatable bonds is 7. The van der Waals surface area contributed by atoms with Gasteiger partial charge in [-0.05, 0) is 71.3 Å². The Morgan fingerprint density at radius 2 is 1.44 bits per heavy atom. The number of amides is 1. The summed E-state index contributed by atoms with van der Waals surface area (Å²) in [5.74, 6) is -0.605. The van der Waals surface area contributed by atoms with E-state index in [9.17, 15) is 17.6 Å². The Morgan fingerprint density at radius 1 is 0.781 bits per heavy atom. The molecule has 4 aromatic carbocycles. The van der Waals surface area contributed by atoms with E-state index in [2.05, 4.69) is 10.0 Å². The lowest BCUT2D eigenvalue weighted by Gasteiger charge is -2.10. The van der Waals surface area contributed by atoms with Crippen molar-refractivity contribution >= 4 is 38.1 Å². The number of fused-ring (bicyclic) bond motifs is 1. The lowest BCUT2D eigenvalue weighted by Crippen LogP contribution is -2.14. The molecular formula is C25H21FN2O3S. The summed E-state index contributed by atoms with van der Waals surface area (Å²) in [6.45, 7) is 0. The molecule has 32 heavy (non-hydrogen) atoms. The number of hydrogen-bond donors (Lipinski definition) is 2. The SMILES string of the molecule is O=C(CCc1cccc2ccccc12)Nc1ccc(S(=O)(=O)Nc2ccc(F)cc2)cc1. The van der Waals surface area contributed by atoms with Crippen LogP contribution in [0.3, 0.4) is 0 Å². The standard InChI is InChI=1S/C25H21FN2O3S/c26-20-9-11-22(12-10-20)28-32(30,31)23-15-13-21(14-16-23)27-25(29)17-8-19-6-3-5-18-4-1-2-7-24(18)19/h1-7,9-16,28H,8,17H2,(H,27,29). The maximum atomic E-state index is 13.0. The zero-order valence-electron chi connectivity index (χ0n) is 17.1. The van der Waals surface area contributed by atoms with Crippen LogP contribution in [0.25, 0.3) is 10.8 Å². The fraction of sp³-hybridized carbons (Fsp3) is 0.0800. The lowest BCUT2D eigenvalue weighted by molar-refractivity contribution is -0.116. The van der Waals surface area contributed by atoms with Crippen LogP contribution in [0, 0.1) is 5.82 Å². The molecule has 0 radical (unpaired) electrons. The Labute approximate surface area is 186 Å². The van der Waals surface area contributed by atoms with Crippen molar-refractivity contribution in [3.05, 3.63) is 102 Å². The van der Waals surface area contributed by atoms with Crippen molar-refractivity contribution in [3.8, 4) is 0 Å². The average molecular weight is 449 g/mol. The number of anilines is 2. The second-order valence-electron chi connectivity index (χ2n) is 7.32. The van der Waals surface area contributed by atoms with Crippen LogP contribution in [0.4, 0.5) is 15.8 Å². The molecule has 0 atom stereocenters. The topological polar surface area (TPSA) is 75.3 Å². The lowest BCUT2D eigenvalue weighted by atomic mass is 10.0. The van der Waals surface area contributed by atoms with Gasteiger partial charge in [-0.25, -0.2) is 12.8 Å². The molecule has 0 aliphatic carbocycles. The third-order valence-electron chi connectivity index (χ3n) is 5.05. The van der Waals surface area contributed by atoms with Crippen molar-refractivity contribution in [1.29, 1.82) is 0 Å². The van der Waals surface area contributed by atoms with Gasteiger partial charge in [-0.2, -0.15) is 0 Å². The number of nitrogens with one attached hydrogen (secondary N) is 2. The number of halogens is 1. The van der Waals surface area contributed by atoms with Crippen LogP contribution in [0.15, 0.2) is 95.9 Å². The molecule has 1 amide bonds. The Bertz CT molecular complexity index is 1350. The highest BCUT2D eigenvalue weighted by molar-refractivity contribution is 7.92. The molecule has 0 heterocycles. The third kappa shape index (κ3) is 5.12. The Morgan fingerprint density at radius 3 is 2.19 bits per heavy atom. The van der Waals surface area contributed by atoms with Gasteiger partial charge in [0, 0.05) is 17.8 Å². The van der Waals surface area contributed by atoms with Gasteiger partial charge >= 0.3 is 0 Å². The summed E-state index contributed by atoms with van der Waals surface area (Å²) in [5.41, 5.74) is 1.87. The summed E-state index contributed by atoms with van der Waals surface area (Å²) in [5, 5.41) is 5.07. The van der Waals surface area contributed by atoms with Gasteiger partial charge in [0.1, 0.15) is 5.82 Å². The number of benzene rings is 4. The van der Waals surface area contributed by atoms with E-state index in [1.54, 1.807) is 0 Å². The average Bonchev–Trinajstić information content (AvgIpc) is 2.79. The van der Waals surface area contributed by atoms with Gasteiger partial charge in [0.05, 0.1) is 4.90 Å². The third-order valence-corrected chi connectivity index (χ3v) is 6.44. The van der Waals surface area contributed by atoms with Crippen molar-refractivity contribution in [2.45, 2.75) is 17.7 Å². The minimum atomic E-state index is -3.82. The second-order valence-corrected chi connectivity index (χ2v) is 9.01. The first kappa shape index (κ1) is 21.5. The van der Waals surface area contributed by atoms with Gasteiger partial charge < -0.3 is 5.32 Å². The van der Waals surface area contributed by atoms with Gasteiger partial charge in [0.2, 0.25) is 5.91 Å². The van der Waals surface area contributed by atoms with Crippen molar-refractivity contribution in [2.75, 3.05) is 10.0 Å². The number of carbonyl (C=O) groups is 1. The van der Waals surface area contributed by atoms with Gasteiger partial charge in [0.25, 0.3) is 10.0 Å². The largest absolute Gasteiger partial charge is 0.326 e. The zero-order valence-corrected chi connectivity index (χ0v) is 17.9. The molecule has 0 bridgehead atoms.